The van der Waals surface area contributed by atoms with E-state index in [1.165, 1.54) is 5.56 Å². The summed E-state index contributed by atoms with van der Waals surface area (Å²) >= 11 is 16.0. The highest BCUT2D eigenvalue weighted by Crippen LogP contribution is 2.30. The summed E-state index contributed by atoms with van der Waals surface area (Å²) in [5, 5.41) is 4.44. The number of guanidine groups is 1. The van der Waals surface area contributed by atoms with Crippen LogP contribution in [0.25, 0.3) is 0 Å². The molecule has 0 spiro atoms. The monoisotopic (exact) mass is 397 g/mol. The van der Waals surface area contributed by atoms with E-state index in [2.05, 4.69) is 37.2 Å². The van der Waals surface area contributed by atoms with E-state index in [-0.39, 0.29) is 0 Å². The Morgan fingerprint density at radius 1 is 1.09 bits per heavy atom. The number of rotatable bonds is 3. The number of halogens is 3. The van der Waals surface area contributed by atoms with Gasteiger partial charge in [0.2, 0.25) is 0 Å². The van der Waals surface area contributed by atoms with Crippen LogP contribution in [0.15, 0.2) is 51.9 Å². The highest BCUT2D eigenvalue weighted by atomic mass is 79.9. The first-order chi connectivity index (χ1) is 10.6. The van der Waals surface area contributed by atoms with Crippen LogP contribution < -0.4 is 5.32 Å². The number of hydrogen-bond donors (Lipinski definition) is 1. The van der Waals surface area contributed by atoms with E-state index in [4.69, 9.17) is 23.2 Å². The predicted molar refractivity (Wildman–Crippen MR) is 96.9 cm³/mol. The Morgan fingerprint density at radius 2 is 1.82 bits per heavy atom. The van der Waals surface area contributed by atoms with Crippen molar-refractivity contribution in [1.82, 2.24) is 4.90 Å². The fourth-order valence-corrected chi connectivity index (χ4v) is 3.22. The van der Waals surface area contributed by atoms with E-state index in [0.717, 1.165) is 30.1 Å². The molecule has 0 radical (unpaired) electrons. The van der Waals surface area contributed by atoms with Crippen LogP contribution in [0.1, 0.15) is 5.56 Å². The smallest absolute Gasteiger partial charge is 0.198 e. The minimum atomic E-state index is 0.586. The average molecular weight is 399 g/mol. The van der Waals surface area contributed by atoms with Gasteiger partial charge in [0.05, 0.1) is 22.3 Å². The van der Waals surface area contributed by atoms with E-state index < -0.39 is 0 Å². The van der Waals surface area contributed by atoms with Gasteiger partial charge in [-0.3, -0.25) is 4.99 Å². The molecule has 1 heterocycles. The maximum atomic E-state index is 6.21. The summed E-state index contributed by atoms with van der Waals surface area (Å²) in [7, 11) is 0. The molecule has 1 aliphatic heterocycles. The van der Waals surface area contributed by atoms with E-state index in [9.17, 15) is 0 Å². The van der Waals surface area contributed by atoms with Gasteiger partial charge in [-0.2, -0.15) is 0 Å². The molecule has 0 unspecified atom stereocenters. The molecule has 0 saturated heterocycles. The second kappa shape index (κ2) is 6.90. The van der Waals surface area contributed by atoms with Crippen molar-refractivity contribution in [2.75, 3.05) is 18.4 Å². The number of aliphatic imine (C=N–C) groups is 1. The fraction of sp³-hybridized carbons (Fsp3) is 0.188. The van der Waals surface area contributed by atoms with Crippen LogP contribution in [-0.4, -0.2) is 23.9 Å². The van der Waals surface area contributed by atoms with Crippen LogP contribution in [0.5, 0.6) is 0 Å². The number of anilines is 1. The van der Waals surface area contributed by atoms with Gasteiger partial charge >= 0.3 is 0 Å². The van der Waals surface area contributed by atoms with E-state index in [1.807, 2.05) is 36.4 Å². The lowest BCUT2D eigenvalue weighted by atomic mass is 10.2. The van der Waals surface area contributed by atoms with Crippen molar-refractivity contribution in [3.63, 3.8) is 0 Å². The quantitative estimate of drug-likeness (QED) is 0.784. The third kappa shape index (κ3) is 3.40. The van der Waals surface area contributed by atoms with Crippen molar-refractivity contribution in [2.24, 2.45) is 4.99 Å². The topological polar surface area (TPSA) is 27.6 Å². The number of para-hydroxylation sites is 1. The maximum absolute atomic E-state index is 6.21. The zero-order valence-corrected chi connectivity index (χ0v) is 14.8. The van der Waals surface area contributed by atoms with Crippen LogP contribution >= 0.6 is 39.1 Å². The van der Waals surface area contributed by atoms with Crippen molar-refractivity contribution >= 4 is 50.8 Å². The third-order valence-corrected chi connectivity index (χ3v) is 4.85. The van der Waals surface area contributed by atoms with Gasteiger partial charge in [-0.05, 0) is 23.8 Å². The van der Waals surface area contributed by atoms with Crippen molar-refractivity contribution in [1.29, 1.82) is 0 Å². The molecule has 6 heteroatoms. The molecule has 1 N–H and O–H groups in total. The highest BCUT2D eigenvalue weighted by molar-refractivity contribution is 9.10. The summed E-state index contributed by atoms with van der Waals surface area (Å²) in [6.07, 6.45) is 0. The van der Waals surface area contributed by atoms with Crippen molar-refractivity contribution in [3.8, 4) is 0 Å². The van der Waals surface area contributed by atoms with Crippen LogP contribution in [0, 0.1) is 0 Å². The molecule has 114 valence electrons. The number of hydrogen-bond acceptors (Lipinski definition) is 3. The maximum Gasteiger partial charge on any atom is 0.198 e. The Morgan fingerprint density at radius 3 is 2.55 bits per heavy atom. The largest absolute Gasteiger partial charge is 0.336 e. The standard InChI is InChI=1S/C16H14BrCl2N3/c17-12-5-2-1-4-11(12)10-22-9-8-20-16(22)21-15-13(18)6-3-7-14(15)19/h1-7H,8-10H2,(H,20,21). The van der Waals surface area contributed by atoms with Gasteiger partial charge in [0.25, 0.3) is 0 Å². The van der Waals surface area contributed by atoms with Crippen molar-refractivity contribution in [2.45, 2.75) is 6.54 Å². The molecule has 3 rings (SSSR count). The molecule has 0 aliphatic carbocycles. The summed E-state index contributed by atoms with van der Waals surface area (Å²) in [4.78, 5) is 6.70. The van der Waals surface area contributed by atoms with Crippen LogP contribution in [0.3, 0.4) is 0 Å². The second-order valence-electron chi connectivity index (χ2n) is 4.94. The van der Waals surface area contributed by atoms with Gasteiger partial charge < -0.3 is 10.2 Å². The van der Waals surface area contributed by atoms with Crippen molar-refractivity contribution in [3.05, 3.63) is 62.5 Å². The molecule has 1 aliphatic rings. The van der Waals surface area contributed by atoms with Gasteiger partial charge in [0.1, 0.15) is 0 Å². The Hall–Kier alpha value is -1.23. The molecule has 3 nitrogen and oxygen atoms in total. The zero-order chi connectivity index (χ0) is 15.5. The molecule has 0 amide bonds. The molecular weight excluding hydrogens is 385 g/mol. The van der Waals surface area contributed by atoms with Crippen LogP contribution in [0.2, 0.25) is 10.0 Å². The molecule has 0 bridgehead atoms. The lowest BCUT2D eigenvalue weighted by molar-refractivity contribution is 0.450. The van der Waals surface area contributed by atoms with Crippen LogP contribution in [0.4, 0.5) is 5.69 Å². The van der Waals surface area contributed by atoms with Crippen LogP contribution in [-0.2, 0) is 6.54 Å². The van der Waals surface area contributed by atoms with Crippen molar-refractivity contribution < 1.29 is 0 Å². The second-order valence-corrected chi connectivity index (χ2v) is 6.61. The Labute approximate surface area is 148 Å². The number of nitrogens with zero attached hydrogens (tertiary/aromatic N) is 2. The van der Waals surface area contributed by atoms with Gasteiger partial charge in [0.15, 0.2) is 5.96 Å². The Balaban J connectivity index is 1.78. The van der Waals surface area contributed by atoms with Gasteiger partial charge in [-0.25, -0.2) is 0 Å². The summed E-state index contributed by atoms with van der Waals surface area (Å²) in [5.74, 6) is 0.797. The van der Waals surface area contributed by atoms with Gasteiger partial charge in [-0.1, -0.05) is 63.4 Å². The Kier molecular flexibility index (Phi) is 4.91. The minimum Gasteiger partial charge on any atom is -0.336 e. The van der Waals surface area contributed by atoms with Gasteiger partial charge in [-0.15, -0.1) is 0 Å². The molecule has 0 aromatic heterocycles. The SMILES string of the molecule is Clc1cccc(Cl)c1NC1=NCCN1Cc1ccccc1Br. The van der Waals surface area contributed by atoms with E-state index in [0.29, 0.717) is 15.7 Å². The third-order valence-electron chi connectivity index (χ3n) is 3.45. The van der Waals surface area contributed by atoms with E-state index in [1.54, 1.807) is 0 Å². The summed E-state index contributed by atoms with van der Waals surface area (Å²) < 4.78 is 1.09. The molecule has 2 aromatic rings. The highest BCUT2D eigenvalue weighted by Gasteiger charge is 2.19. The summed E-state index contributed by atoms with van der Waals surface area (Å²) in [6, 6.07) is 13.6. The van der Waals surface area contributed by atoms with E-state index >= 15 is 0 Å². The number of benzene rings is 2. The first kappa shape index (κ1) is 15.7. The van der Waals surface area contributed by atoms with Gasteiger partial charge in [0, 0.05) is 17.6 Å². The first-order valence-corrected chi connectivity index (χ1v) is 8.44. The molecule has 2 aromatic carbocycles. The molecule has 0 fully saturated rings. The minimum absolute atomic E-state index is 0.586. The fourth-order valence-electron chi connectivity index (χ4n) is 2.32. The normalized spacial score (nSPS) is 14.1. The average Bonchev–Trinajstić information content (AvgIpc) is 2.93. The summed E-state index contributed by atoms with van der Waals surface area (Å²) in [6.45, 7) is 2.40. The lowest BCUT2D eigenvalue weighted by Crippen LogP contribution is -2.32. The molecule has 0 saturated carbocycles. The molecular formula is C16H14BrCl2N3. The molecule has 22 heavy (non-hydrogen) atoms. The Bertz CT molecular complexity index is 698. The molecule has 0 atom stereocenters. The predicted octanol–water partition coefficient (Wildman–Crippen LogP) is 5.04. The lowest BCUT2D eigenvalue weighted by Gasteiger charge is -2.22. The first-order valence-electron chi connectivity index (χ1n) is 6.89. The summed E-state index contributed by atoms with van der Waals surface area (Å²) in [5.41, 5.74) is 1.91. The number of nitrogens with one attached hydrogen (secondary N) is 1. The zero-order valence-electron chi connectivity index (χ0n) is 11.7.